The number of aromatic nitrogens is 2. The Hall–Kier alpha value is -2.54. The van der Waals surface area contributed by atoms with Crippen molar-refractivity contribution in [3.63, 3.8) is 0 Å². The molecule has 1 aromatic carbocycles. The predicted molar refractivity (Wildman–Crippen MR) is 116 cm³/mol. The second-order valence-corrected chi connectivity index (χ2v) is 7.42. The Bertz CT molecular complexity index is 758. The number of hydrogen-bond acceptors (Lipinski definition) is 7. The molecular weight excluding hydrogens is 352 g/mol. The molecule has 152 valence electrons. The van der Waals surface area contributed by atoms with Crippen LogP contribution in [0.4, 0.5) is 17.5 Å². The number of ether oxygens (including phenoxy) is 1. The molecule has 0 radical (unpaired) electrons. The minimum atomic E-state index is 0.723. The number of anilines is 3. The van der Waals surface area contributed by atoms with Crippen LogP contribution < -0.4 is 19.9 Å². The van der Waals surface area contributed by atoms with Crippen LogP contribution in [0.5, 0.6) is 5.75 Å². The number of piperazine rings is 1. The molecule has 7 heteroatoms. The largest absolute Gasteiger partial charge is 0.495 e. The summed E-state index contributed by atoms with van der Waals surface area (Å²) in [6.07, 6.45) is 1.07. The Morgan fingerprint density at radius 2 is 1.79 bits per heavy atom. The van der Waals surface area contributed by atoms with Crippen LogP contribution in [0.3, 0.4) is 0 Å². The van der Waals surface area contributed by atoms with Crippen molar-refractivity contribution in [2.24, 2.45) is 0 Å². The lowest BCUT2D eigenvalue weighted by Crippen LogP contribution is -2.47. The Morgan fingerprint density at radius 1 is 1.07 bits per heavy atom. The molecule has 2 heterocycles. The second kappa shape index (κ2) is 9.59. The van der Waals surface area contributed by atoms with Gasteiger partial charge in [-0.2, -0.15) is 4.98 Å². The van der Waals surface area contributed by atoms with Gasteiger partial charge in [0.1, 0.15) is 11.6 Å². The highest BCUT2D eigenvalue weighted by Crippen LogP contribution is 2.29. The van der Waals surface area contributed by atoms with Gasteiger partial charge in [-0.3, -0.25) is 0 Å². The van der Waals surface area contributed by atoms with Crippen LogP contribution >= 0.6 is 0 Å². The van der Waals surface area contributed by atoms with Gasteiger partial charge in [-0.1, -0.05) is 12.1 Å². The van der Waals surface area contributed by atoms with E-state index >= 15 is 0 Å². The number of hydrogen-bond donors (Lipinski definition) is 1. The Labute approximate surface area is 168 Å². The molecule has 0 aliphatic carbocycles. The van der Waals surface area contributed by atoms with E-state index in [2.05, 4.69) is 57.3 Å². The highest BCUT2D eigenvalue weighted by atomic mass is 16.5. The molecule has 3 rings (SSSR count). The van der Waals surface area contributed by atoms with Crippen molar-refractivity contribution in [1.82, 2.24) is 14.9 Å². The van der Waals surface area contributed by atoms with Gasteiger partial charge >= 0.3 is 0 Å². The smallest absolute Gasteiger partial charge is 0.224 e. The average Bonchev–Trinajstić information content (AvgIpc) is 2.71. The SMILES string of the molecule is COc1ccccc1N1CCN(c2cc(C)nc(NCCCN(C)C)n2)CC1. The molecule has 0 bridgehead atoms. The molecule has 0 atom stereocenters. The highest BCUT2D eigenvalue weighted by Gasteiger charge is 2.21. The Morgan fingerprint density at radius 3 is 2.50 bits per heavy atom. The van der Waals surface area contributed by atoms with Gasteiger partial charge in [-0.05, 0) is 46.1 Å². The first-order valence-electron chi connectivity index (χ1n) is 9.94. The predicted octanol–water partition coefficient (Wildman–Crippen LogP) is 2.48. The van der Waals surface area contributed by atoms with Crippen LogP contribution in [0.2, 0.25) is 0 Å². The lowest BCUT2D eigenvalue weighted by molar-refractivity contribution is 0.405. The number of para-hydroxylation sites is 2. The monoisotopic (exact) mass is 384 g/mol. The summed E-state index contributed by atoms with van der Waals surface area (Å²) in [6, 6.07) is 10.3. The molecule has 1 saturated heterocycles. The lowest BCUT2D eigenvalue weighted by atomic mass is 10.2. The van der Waals surface area contributed by atoms with Gasteiger partial charge in [0.2, 0.25) is 5.95 Å². The van der Waals surface area contributed by atoms with Crippen LogP contribution in [0.1, 0.15) is 12.1 Å². The average molecular weight is 385 g/mol. The van der Waals surface area contributed by atoms with E-state index in [1.54, 1.807) is 7.11 Å². The molecular formula is C21H32N6O. The normalized spacial score (nSPS) is 14.5. The van der Waals surface area contributed by atoms with E-state index in [0.717, 1.165) is 74.6 Å². The molecule has 1 aromatic heterocycles. The molecule has 0 amide bonds. The first kappa shape index (κ1) is 20.2. The van der Waals surface area contributed by atoms with Crippen molar-refractivity contribution < 1.29 is 4.74 Å². The maximum absolute atomic E-state index is 5.52. The van der Waals surface area contributed by atoms with Crippen molar-refractivity contribution in [2.45, 2.75) is 13.3 Å². The second-order valence-electron chi connectivity index (χ2n) is 7.42. The van der Waals surface area contributed by atoms with Crippen LogP contribution in [-0.2, 0) is 0 Å². The number of benzene rings is 1. The number of aryl methyl sites for hydroxylation is 1. The van der Waals surface area contributed by atoms with Crippen molar-refractivity contribution in [2.75, 3.05) is 75.6 Å². The third kappa shape index (κ3) is 5.25. The van der Waals surface area contributed by atoms with Crippen LogP contribution in [0.25, 0.3) is 0 Å². The minimum Gasteiger partial charge on any atom is -0.495 e. The van der Waals surface area contributed by atoms with Crippen molar-refractivity contribution in [3.05, 3.63) is 36.0 Å². The van der Waals surface area contributed by atoms with Crippen molar-refractivity contribution >= 4 is 17.5 Å². The topological polar surface area (TPSA) is 56.8 Å². The summed E-state index contributed by atoms with van der Waals surface area (Å²) in [5.41, 5.74) is 2.15. The van der Waals surface area contributed by atoms with Gasteiger partial charge in [0.05, 0.1) is 12.8 Å². The molecule has 0 saturated carbocycles. The summed E-state index contributed by atoms with van der Waals surface area (Å²) in [6.45, 7) is 7.69. The van der Waals surface area contributed by atoms with Crippen LogP contribution in [0, 0.1) is 6.92 Å². The Balaban J connectivity index is 1.60. The molecule has 1 aliphatic heterocycles. The van der Waals surface area contributed by atoms with Crippen molar-refractivity contribution in [3.8, 4) is 5.75 Å². The summed E-state index contributed by atoms with van der Waals surface area (Å²) >= 11 is 0. The zero-order valence-electron chi connectivity index (χ0n) is 17.5. The summed E-state index contributed by atoms with van der Waals surface area (Å²) in [5.74, 6) is 2.65. The van der Waals surface area contributed by atoms with Gasteiger partial charge in [0.15, 0.2) is 0 Å². The Kier molecular flexibility index (Phi) is 6.92. The first-order chi connectivity index (χ1) is 13.6. The number of nitrogens with one attached hydrogen (secondary N) is 1. The maximum Gasteiger partial charge on any atom is 0.224 e. The zero-order chi connectivity index (χ0) is 19.9. The van der Waals surface area contributed by atoms with E-state index in [1.807, 2.05) is 19.1 Å². The van der Waals surface area contributed by atoms with Crippen molar-refractivity contribution in [1.29, 1.82) is 0 Å². The van der Waals surface area contributed by atoms with E-state index in [9.17, 15) is 0 Å². The molecule has 1 fully saturated rings. The van der Waals surface area contributed by atoms with Crippen LogP contribution in [-0.4, -0.2) is 75.3 Å². The van der Waals surface area contributed by atoms with Gasteiger partial charge in [0, 0.05) is 44.5 Å². The van der Waals surface area contributed by atoms with Gasteiger partial charge < -0.3 is 24.8 Å². The third-order valence-corrected chi connectivity index (χ3v) is 4.94. The highest BCUT2D eigenvalue weighted by molar-refractivity contribution is 5.59. The first-order valence-corrected chi connectivity index (χ1v) is 9.94. The molecule has 1 aliphatic rings. The number of nitrogens with zero attached hydrogens (tertiary/aromatic N) is 5. The van der Waals surface area contributed by atoms with E-state index in [0.29, 0.717) is 0 Å². The van der Waals surface area contributed by atoms with E-state index in [1.165, 1.54) is 0 Å². The third-order valence-electron chi connectivity index (χ3n) is 4.94. The molecule has 0 spiro atoms. The van der Waals surface area contributed by atoms with Gasteiger partial charge in [-0.25, -0.2) is 4.98 Å². The standard InChI is InChI=1S/C21H32N6O/c1-17-16-20(24-21(23-17)22-10-7-11-25(2)3)27-14-12-26(13-15-27)18-8-5-6-9-19(18)28-4/h5-6,8-9,16H,7,10-15H2,1-4H3,(H,22,23,24). The fraction of sp³-hybridized carbons (Fsp3) is 0.524. The summed E-state index contributed by atoms with van der Waals surface area (Å²) in [5, 5.41) is 3.37. The molecule has 7 nitrogen and oxygen atoms in total. The molecule has 28 heavy (non-hydrogen) atoms. The van der Waals surface area contributed by atoms with Gasteiger partial charge in [-0.15, -0.1) is 0 Å². The molecule has 1 N–H and O–H groups in total. The molecule has 2 aromatic rings. The molecule has 0 unspecified atom stereocenters. The fourth-order valence-corrected chi connectivity index (χ4v) is 3.46. The quantitative estimate of drug-likeness (QED) is 0.702. The summed E-state index contributed by atoms with van der Waals surface area (Å²) in [4.78, 5) is 16.2. The van der Waals surface area contributed by atoms with E-state index in [4.69, 9.17) is 9.72 Å². The lowest BCUT2D eigenvalue weighted by Gasteiger charge is -2.37. The van der Waals surface area contributed by atoms with Gasteiger partial charge in [0.25, 0.3) is 0 Å². The summed E-state index contributed by atoms with van der Waals surface area (Å²) < 4.78 is 5.52. The maximum atomic E-state index is 5.52. The van der Waals surface area contributed by atoms with E-state index < -0.39 is 0 Å². The zero-order valence-corrected chi connectivity index (χ0v) is 17.5. The van der Waals surface area contributed by atoms with E-state index in [-0.39, 0.29) is 0 Å². The number of rotatable bonds is 8. The minimum absolute atomic E-state index is 0.723. The summed E-state index contributed by atoms with van der Waals surface area (Å²) in [7, 11) is 5.91. The van der Waals surface area contributed by atoms with Crippen LogP contribution in [0.15, 0.2) is 30.3 Å². The number of methoxy groups -OCH3 is 1. The fourth-order valence-electron chi connectivity index (χ4n) is 3.46.